The van der Waals surface area contributed by atoms with Crippen molar-refractivity contribution in [1.82, 2.24) is 4.90 Å². The van der Waals surface area contributed by atoms with Crippen LogP contribution in [-0.2, 0) is 4.79 Å². The lowest BCUT2D eigenvalue weighted by Crippen LogP contribution is -2.13. The lowest BCUT2D eigenvalue weighted by Gasteiger charge is -2.06. The van der Waals surface area contributed by atoms with E-state index in [1.54, 1.807) is 6.92 Å². The van der Waals surface area contributed by atoms with Gasteiger partial charge in [0.25, 0.3) is 0 Å². The van der Waals surface area contributed by atoms with Crippen molar-refractivity contribution in [3.05, 3.63) is 0 Å². The highest BCUT2D eigenvalue weighted by Crippen LogP contribution is 1.90. The van der Waals surface area contributed by atoms with E-state index in [0.29, 0.717) is 0 Å². The molecule has 2 nitrogen and oxygen atoms in total. The number of nitrogens with zero attached hydrogens (tertiary/aromatic N) is 1. The van der Waals surface area contributed by atoms with Gasteiger partial charge < -0.3 is 9.69 Å². The summed E-state index contributed by atoms with van der Waals surface area (Å²) in [6.07, 6.45) is 1.71. The molecule has 0 aliphatic carbocycles. The fourth-order valence-corrected chi connectivity index (χ4v) is 0.644. The molecule has 0 fully saturated rings. The molecule has 0 bridgehead atoms. The van der Waals surface area contributed by atoms with Crippen LogP contribution in [0.25, 0.3) is 0 Å². The Labute approximate surface area is 78.0 Å². The molecule has 0 saturated heterocycles. The summed E-state index contributed by atoms with van der Waals surface area (Å²) >= 11 is 0. The van der Waals surface area contributed by atoms with Crippen molar-refractivity contribution in [2.45, 2.75) is 41.0 Å². The van der Waals surface area contributed by atoms with Crippen molar-refractivity contribution in [3.63, 3.8) is 0 Å². The van der Waals surface area contributed by atoms with Gasteiger partial charge in [0.2, 0.25) is 0 Å². The van der Waals surface area contributed by atoms with Crippen molar-refractivity contribution in [2.75, 3.05) is 20.6 Å². The minimum atomic E-state index is 0. The van der Waals surface area contributed by atoms with E-state index in [9.17, 15) is 4.79 Å². The topological polar surface area (TPSA) is 20.3 Å². The van der Waals surface area contributed by atoms with Crippen LogP contribution in [0.4, 0.5) is 0 Å². The molecule has 0 aliphatic rings. The van der Waals surface area contributed by atoms with Crippen LogP contribution in [-0.4, -0.2) is 31.3 Å². The van der Waals surface area contributed by atoms with E-state index in [4.69, 9.17) is 0 Å². The number of rotatable bonds is 4. The molecular formula is C10H25NO. The summed E-state index contributed by atoms with van der Waals surface area (Å²) in [6.45, 7) is 6.65. The van der Waals surface area contributed by atoms with Crippen molar-refractivity contribution >= 4 is 5.78 Å². The molecule has 0 aromatic heterocycles. The minimum Gasteiger partial charge on any atom is -0.309 e. The number of hydrogen-bond acceptors (Lipinski definition) is 2. The van der Waals surface area contributed by atoms with E-state index in [1.165, 1.54) is 0 Å². The Hall–Kier alpha value is -0.370. The zero-order chi connectivity index (χ0) is 9.28. The summed E-state index contributed by atoms with van der Waals surface area (Å²) in [6, 6.07) is 0. The quantitative estimate of drug-likeness (QED) is 0.654. The normalized spacial score (nSPS) is 8.17. The molecule has 0 amide bonds. The van der Waals surface area contributed by atoms with E-state index >= 15 is 0 Å². The van der Waals surface area contributed by atoms with Crippen LogP contribution in [0.1, 0.15) is 41.0 Å². The van der Waals surface area contributed by atoms with Gasteiger partial charge in [0.05, 0.1) is 0 Å². The average molecular weight is 175 g/mol. The highest BCUT2D eigenvalue weighted by atomic mass is 16.1. The van der Waals surface area contributed by atoms with Crippen LogP contribution in [0, 0.1) is 0 Å². The minimum absolute atomic E-state index is 0. The highest BCUT2D eigenvalue weighted by molar-refractivity contribution is 5.75. The first-order valence-electron chi connectivity index (χ1n) is 4.27. The van der Waals surface area contributed by atoms with Gasteiger partial charge in [-0.1, -0.05) is 21.3 Å². The van der Waals surface area contributed by atoms with Gasteiger partial charge in [0.1, 0.15) is 5.78 Å². The first-order chi connectivity index (χ1) is 5.13. The Balaban J connectivity index is -0.000000249. The molecule has 0 saturated carbocycles. The van der Waals surface area contributed by atoms with Gasteiger partial charge in [0.15, 0.2) is 0 Å². The van der Waals surface area contributed by atoms with Crippen molar-refractivity contribution < 1.29 is 4.79 Å². The van der Waals surface area contributed by atoms with E-state index < -0.39 is 0 Å². The number of carbonyl (C=O) groups is 1. The molecule has 0 N–H and O–H groups in total. The summed E-state index contributed by atoms with van der Waals surface area (Å²) in [5, 5.41) is 0. The summed E-state index contributed by atoms with van der Waals surface area (Å²) in [5.74, 6) is 0.289. The SMILES string of the molecule is C.CC.CC(=O)CCCN(C)C. The predicted molar refractivity (Wildman–Crippen MR) is 56.5 cm³/mol. The molecule has 0 atom stereocenters. The van der Waals surface area contributed by atoms with E-state index in [1.807, 2.05) is 27.9 Å². The largest absolute Gasteiger partial charge is 0.309 e. The van der Waals surface area contributed by atoms with E-state index in [-0.39, 0.29) is 13.2 Å². The van der Waals surface area contributed by atoms with Crippen LogP contribution >= 0.6 is 0 Å². The second-order valence-corrected chi connectivity index (χ2v) is 2.61. The number of carbonyl (C=O) groups excluding carboxylic acids is 1. The Bertz CT molecular complexity index is 89.8. The second-order valence-electron chi connectivity index (χ2n) is 2.61. The zero-order valence-electron chi connectivity index (χ0n) is 8.48. The first kappa shape index (κ1) is 17.6. The van der Waals surface area contributed by atoms with Gasteiger partial charge in [-0.3, -0.25) is 0 Å². The van der Waals surface area contributed by atoms with Gasteiger partial charge in [0, 0.05) is 6.42 Å². The van der Waals surface area contributed by atoms with Gasteiger partial charge in [-0.05, 0) is 34.0 Å². The molecule has 0 spiro atoms. The molecule has 2 heteroatoms. The summed E-state index contributed by atoms with van der Waals surface area (Å²) < 4.78 is 0. The number of ketones is 1. The molecule has 0 rings (SSSR count). The van der Waals surface area contributed by atoms with E-state index in [2.05, 4.69) is 4.90 Å². The molecule has 0 aromatic carbocycles. The number of Topliss-reactive ketones (excluding diaryl/α,β-unsaturated/α-hetero) is 1. The van der Waals surface area contributed by atoms with Crippen molar-refractivity contribution in [3.8, 4) is 0 Å². The van der Waals surface area contributed by atoms with Crippen molar-refractivity contribution in [1.29, 1.82) is 0 Å². The molecule has 0 aromatic rings. The summed E-state index contributed by atoms with van der Waals surface area (Å²) in [5.41, 5.74) is 0. The molecule has 0 unspecified atom stereocenters. The molecule has 0 radical (unpaired) electrons. The molecule has 76 valence electrons. The average Bonchev–Trinajstić information content (AvgIpc) is 1.90. The Morgan fingerprint density at radius 3 is 1.92 bits per heavy atom. The Kier molecular flexibility index (Phi) is 19.5. The first-order valence-corrected chi connectivity index (χ1v) is 4.27. The predicted octanol–water partition coefficient (Wildman–Crippen LogP) is 2.58. The maximum atomic E-state index is 10.4. The van der Waals surface area contributed by atoms with Gasteiger partial charge in [-0.15, -0.1) is 0 Å². The monoisotopic (exact) mass is 175 g/mol. The van der Waals surface area contributed by atoms with Gasteiger partial charge >= 0.3 is 0 Å². The molecule has 12 heavy (non-hydrogen) atoms. The molecule has 0 aliphatic heterocycles. The third-order valence-corrected chi connectivity index (χ3v) is 1.13. The van der Waals surface area contributed by atoms with Crippen molar-refractivity contribution in [2.24, 2.45) is 0 Å². The lowest BCUT2D eigenvalue weighted by atomic mass is 10.2. The molecule has 0 heterocycles. The standard InChI is InChI=1S/C7H15NO.C2H6.CH4/c1-7(9)5-4-6-8(2)3;1-2;/h4-6H2,1-3H3;1-2H3;1H4. The van der Waals surface area contributed by atoms with Gasteiger partial charge in [-0.25, -0.2) is 0 Å². The van der Waals surface area contributed by atoms with Crippen LogP contribution in [0.3, 0.4) is 0 Å². The maximum absolute atomic E-state index is 10.4. The van der Waals surface area contributed by atoms with Gasteiger partial charge in [-0.2, -0.15) is 0 Å². The fraction of sp³-hybridized carbons (Fsp3) is 0.900. The fourth-order valence-electron chi connectivity index (χ4n) is 0.644. The zero-order valence-corrected chi connectivity index (χ0v) is 8.48. The number of hydrogen-bond donors (Lipinski definition) is 0. The lowest BCUT2D eigenvalue weighted by molar-refractivity contribution is -0.117. The Morgan fingerprint density at radius 1 is 1.25 bits per heavy atom. The second kappa shape index (κ2) is 13.2. The van der Waals surface area contributed by atoms with Crippen LogP contribution < -0.4 is 0 Å². The van der Waals surface area contributed by atoms with Crippen LogP contribution in [0.5, 0.6) is 0 Å². The summed E-state index contributed by atoms with van der Waals surface area (Å²) in [7, 11) is 4.03. The van der Waals surface area contributed by atoms with Crippen LogP contribution in [0.2, 0.25) is 0 Å². The highest BCUT2D eigenvalue weighted by Gasteiger charge is 1.93. The molecular weight excluding hydrogens is 150 g/mol. The summed E-state index contributed by atoms with van der Waals surface area (Å²) in [4.78, 5) is 12.5. The third kappa shape index (κ3) is 22.6. The maximum Gasteiger partial charge on any atom is 0.129 e. The smallest absolute Gasteiger partial charge is 0.129 e. The van der Waals surface area contributed by atoms with Crippen LogP contribution in [0.15, 0.2) is 0 Å². The van der Waals surface area contributed by atoms with E-state index in [0.717, 1.165) is 19.4 Å². The Morgan fingerprint density at radius 2 is 1.67 bits per heavy atom. The third-order valence-electron chi connectivity index (χ3n) is 1.13.